The summed E-state index contributed by atoms with van der Waals surface area (Å²) in [5.41, 5.74) is -7.41. The zero-order valence-electron chi connectivity index (χ0n) is 63.2. The molecule has 8 aliphatic carbocycles. The van der Waals surface area contributed by atoms with Gasteiger partial charge in [-0.05, 0) is 243 Å². The second-order valence-electron chi connectivity index (χ2n) is 30.3. The topological polar surface area (TPSA) is 277 Å². The summed E-state index contributed by atoms with van der Waals surface area (Å²) in [6.07, 6.45) is -23.0. The molecule has 8 aliphatic rings. The average Bonchev–Trinajstić information content (AvgIpc) is 0.736. The van der Waals surface area contributed by atoms with Gasteiger partial charge < -0.3 is 33.7 Å². The van der Waals surface area contributed by atoms with Crippen molar-refractivity contribution in [3.05, 3.63) is 200 Å². The molecule has 4 unspecified atom stereocenters. The molecule has 8 saturated carbocycles. The van der Waals surface area contributed by atoms with Gasteiger partial charge in [-0.3, -0.25) is 18.7 Å². The van der Waals surface area contributed by atoms with Crippen molar-refractivity contribution in [2.75, 3.05) is 13.2 Å². The fourth-order valence-electron chi connectivity index (χ4n) is 15.8. The van der Waals surface area contributed by atoms with Crippen LogP contribution in [0.5, 0.6) is 11.5 Å². The molecule has 4 N–H and O–H groups in total. The van der Waals surface area contributed by atoms with Crippen LogP contribution in [0.25, 0.3) is 0 Å². The fourth-order valence-corrected chi connectivity index (χ4v) is 21.4. The number of carbonyl (C=O) groups is 2. The number of carbonyl (C=O) groups excluding carboxylic acids is 2. The molecule has 118 heavy (non-hydrogen) atoms. The van der Waals surface area contributed by atoms with E-state index in [0.29, 0.717) is 13.8 Å². The summed E-state index contributed by atoms with van der Waals surface area (Å²) in [6, 6.07) is 59.8. The number of alkyl halides is 16. The standard InChI is InChI=1S/2C22H20F3O2S.2C14H17F5O5S.C7H8O3S.Na/c2*1-21(26,22(23,24)25)16-27-17-12-14-20(15-13-17)28(18-8-4-2-5-9-18)19-10-6-3-7-11-19;2*15-13(16,17)10(14(18,19)25(21,22)23)24-11(20)12-4-7-1-8(5-12)3-9(2-7)6-12;1-6-2-4-7(5-3-6)11(8,9)10;/h2*2-15,26H,16H2,1H3;2*7-10H,1-6H2,(H,21,22,23);2-5H,1H3,(H,8,9,10);/q2*+1;;;;+1/p-1. The smallest absolute Gasteiger partial charge is 0.744 e. The first-order chi connectivity index (χ1) is 54.0. The molecule has 4 atom stereocenters. The van der Waals surface area contributed by atoms with Gasteiger partial charge in [0.05, 0.1) is 37.5 Å². The maximum Gasteiger partial charge on any atom is 1.00 e. The molecule has 0 aliphatic heterocycles. The van der Waals surface area contributed by atoms with E-state index in [2.05, 4.69) is 58.0 Å². The van der Waals surface area contributed by atoms with E-state index in [-0.39, 0.29) is 142 Å². The molecule has 7 aromatic carbocycles. The van der Waals surface area contributed by atoms with Crippen LogP contribution in [0.2, 0.25) is 0 Å². The quantitative estimate of drug-likeness (QED) is 0.0171. The number of hydrogen-bond acceptors (Lipinski definition) is 15. The van der Waals surface area contributed by atoms with Gasteiger partial charge in [0.25, 0.3) is 12.2 Å². The Morgan fingerprint density at radius 3 is 0.839 bits per heavy atom. The Balaban J connectivity index is 0.000000188. The van der Waals surface area contributed by atoms with Crippen LogP contribution in [0.1, 0.15) is 96.5 Å². The molecule has 0 saturated heterocycles. The zero-order valence-corrected chi connectivity index (χ0v) is 69.3. The first-order valence-corrected chi connectivity index (χ1v) is 42.8. The van der Waals surface area contributed by atoms with E-state index < -0.39 is 125 Å². The van der Waals surface area contributed by atoms with Gasteiger partial charge in [-0.15, -0.1) is 0 Å². The molecular weight excluding hydrogens is 1710 g/mol. The van der Waals surface area contributed by atoms with Gasteiger partial charge in [0.15, 0.2) is 40.6 Å². The first kappa shape index (κ1) is 96.8. The number of esters is 2. The molecule has 8 bridgehead atoms. The number of benzene rings is 7. The van der Waals surface area contributed by atoms with Crippen molar-refractivity contribution < 1.29 is 177 Å². The molecule has 0 spiro atoms. The summed E-state index contributed by atoms with van der Waals surface area (Å²) in [7, 11) is -17.8. The summed E-state index contributed by atoms with van der Waals surface area (Å²) in [6.45, 7) is 1.49. The van der Waals surface area contributed by atoms with Crippen molar-refractivity contribution in [1.29, 1.82) is 0 Å². The van der Waals surface area contributed by atoms with Gasteiger partial charge in [0.1, 0.15) is 34.8 Å². The monoisotopic (exact) mass is 1790 g/mol. The Morgan fingerprint density at radius 1 is 0.407 bits per heavy atom. The van der Waals surface area contributed by atoms with Crippen molar-refractivity contribution in [1.82, 2.24) is 0 Å². The van der Waals surface area contributed by atoms with E-state index in [0.717, 1.165) is 73.5 Å². The number of halogens is 16. The summed E-state index contributed by atoms with van der Waals surface area (Å²) in [4.78, 5) is 31.2. The van der Waals surface area contributed by atoms with Crippen LogP contribution >= 0.6 is 0 Å². The van der Waals surface area contributed by atoms with Gasteiger partial charge in [-0.1, -0.05) is 90.5 Å². The SMILES string of the molecule is CC(O)(COc1ccc([S+](c2ccccc2)c2ccccc2)cc1)C(F)(F)F.CC(O)(COc1ccc([S+](c2ccccc2)c2ccccc2)cc1)C(F)(F)F.Cc1ccc(S(=O)(=O)[O-])cc1.O=C(OC(C(F)(F)F)C(F)(F)S(=O)(=O)O)C12CC3CC(CC(C3)C1)C2.O=C(OC(C(F)(F)F)C(F)(F)S(=O)(=O)O)C12CC3CC(CC(C3)C1)C2.[Na+]. The Bertz CT molecular complexity index is 4430. The average molecular weight is 1790 g/mol. The minimum Gasteiger partial charge on any atom is -0.744 e. The molecule has 39 heteroatoms. The molecule has 0 amide bonds. The number of hydrogen-bond donors (Lipinski definition) is 4. The van der Waals surface area contributed by atoms with Crippen LogP contribution in [0, 0.1) is 53.3 Å². The summed E-state index contributed by atoms with van der Waals surface area (Å²) < 4.78 is 318. The van der Waals surface area contributed by atoms with E-state index in [9.17, 15) is 120 Å². The van der Waals surface area contributed by atoms with Crippen molar-refractivity contribution in [2.24, 2.45) is 46.3 Å². The Hall–Kier alpha value is -6.69. The third-order valence-corrected chi connectivity index (χ3v) is 28.0. The van der Waals surface area contributed by atoms with E-state index >= 15 is 0 Å². The fraction of sp³-hybridized carbons (Fsp3) is 0.443. The number of rotatable bonds is 21. The molecule has 17 nitrogen and oxygen atoms in total. The van der Waals surface area contributed by atoms with Crippen molar-refractivity contribution in [3.63, 3.8) is 0 Å². The predicted molar refractivity (Wildman–Crippen MR) is 393 cm³/mol. The summed E-state index contributed by atoms with van der Waals surface area (Å²) >= 11 is 0. The second-order valence-corrected chi connectivity index (χ2v) is 38.7. The number of aliphatic hydroxyl groups is 2. The van der Waals surface area contributed by atoms with Gasteiger partial charge in [0.2, 0.25) is 0 Å². The van der Waals surface area contributed by atoms with Crippen LogP contribution in [-0.4, -0.2) is 133 Å². The summed E-state index contributed by atoms with van der Waals surface area (Å²) in [5.74, 6) is -1.48. The third kappa shape index (κ3) is 24.0. The molecule has 0 heterocycles. The number of aryl methyl sites for hydroxylation is 1. The van der Waals surface area contributed by atoms with E-state index in [1.54, 1.807) is 36.4 Å². The van der Waals surface area contributed by atoms with Gasteiger partial charge in [-0.25, -0.2) is 8.42 Å². The molecule has 640 valence electrons. The van der Waals surface area contributed by atoms with Crippen molar-refractivity contribution in [2.45, 2.75) is 191 Å². The molecule has 7 aromatic rings. The first-order valence-electron chi connectivity index (χ1n) is 36.1. The molecular formula is C79H81F16NaO17S5+2. The normalized spacial score (nSPS) is 23.1. The van der Waals surface area contributed by atoms with Crippen LogP contribution in [0.15, 0.2) is 228 Å². The number of ether oxygens (including phenoxy) is 4. The van der Waals surface area contributed by atoms with E-state index in [1.165, 1.54) is 12.1 Å². The van der Waals surface area contributed by atoms with Gasteiger partial charge in [-0.2, -0.15) is 87.1 Å². The molecule has 0 aromatic heterocycles. The van der Waals surface area contributed by atoms with Crippen LogP contribution in [-0.2, 0) is 71.2 Å². The largest absolute Gasteiger partial charge is 1.00 e. The molecule has 8 fully saturated rings. The Morgan fingerprint density at radius 2 is 0.636 bits per heavy atom. The predicted octanol–water partition coefficient (Wildman–Crippen LogP) is 15.2. The van der Waals surface area contributed by atoms with Crippen LogP contribution in [0.3, 0.4) is 0 Å². The Labute approximate surface area is 698 Å². The maximum atomic E-state index is 13.6. The van der Waals surface area contributed by atoms with E-state index in [4.69, 9.17) is 18.6 Å². The van der Waals surface area contributed by atoms with Crippen molar-refractivity contribution >= 4 is 64.1 Å². The third-order valence-electron chi connectivity index (χ3n) is 20.9. The van der Waals surface area contributed by atoms with Crippen LogP contribution < -0.4 is 39.0 Å². The van der Waals surface area contributed by atoms with Gasteiger partial charge >= 0.3 is 96.9 Å². The summed E-state index contributed by atoms with van der Waals surface area (Å²) in [5, 5.41) is 7.65. The van der Waals surface area contributed by atoms with E-state index in [1.807, 2.05) is 104 Å². The van der Waals surface area contributed by atoms with Gasteiger partial charge in [0, 0.05) is 0 Å². The minimum absolute atomic E-state index is 0. The maximum absolute atomic E-state index is 13.6. The molecule has 0 radical (unpaired) electrons. The minimum atomic E-state index is -6.42. The van der Waals surface area contributed by atoms with Crippen molar-refractivity contribution in [3.8, 4) is 11.5 Å². The second kappa shape index (κ2) is 37.6. The zero-order chi connectivity index (χ0) is 86.6. The van der Waals surface area contributed by atoms with Crippen LogP contribution in [0.4, 0.5) is 70.2 Å². The Kier molecular flexibility index (Phi) is 30.8. The molecule has 15 rings (SSSR count).